The maximum atomic E-state index is 5.43. The number of hydrogen-bond acceptors (Lipinski definition) is 6. The van der Waals surface area contributed by atoms with Gasteiger partial charge in [0, 0.05) is 33.2 Å². The highest BCUT2D eigenvalue weighted by atomic mass is 16.5. The number of aryl methyl sites for hydroxylation is 1. The summed E-state index contributed by atoms with van der Waals surface area (Å²) in [5, 5.41) is 10.3. The van der Waals surface area contributed by atoms with Gasteiger partial charge >= 0.3 is 0 Å². The summed E-state index contributed by atoms with van der Waals surface area (Å²) in [5.74, 6) is 1.86. The van der Waals surface area contributed by atoms with Gasteiger partial charge in [0.05, 0.1) is 19.8 Å². The molecule has 26 heavy (non-hydrogen) atoms. The lowest BCUT2D eigenvalue weighted by Crippen LogP contribution is -2.37. The van der Waals surface area contributed by atoms with E-state index in [9.17, 15) is 0 Å². The molecule has 0 amide bonds. The second-order valence-electron chi connectivity index (χ2n) is 6.17. The van der Waals surface area contributed by atoms with Crippen LogP contribution < -0.4 is 10.6 Å². The highest BCUT2D eigenvalue weighted by Gasteiger charge is 2.13. The summed E-state index contributed by atoms with van der Waals surface area (Å²) >= 11 is 0. The van der Waals surface area contributed by atoms with Crippen molar-refractivity contribution >= 4 is 5.96 Å². The number of hydrogen-bond donors (Lipinski definition) is 2. The first-order valence-electron chi connectivity index (χ1n) is 8.85. The van der Waals surface area contributed by atoms with Gasteiger partial charge in [-0.25, -0.2) is 0 Å². The van der Waals surface area contributed by atoms with Gasteiger partial charge in [-0.1, -0.05) is 29.4 Å². The van der Waals surface area contributed by atoms with E-state index in [-0.39, 0.29) is 0 Å². The third-order valence-corrected chi connectivity index (χ3v) is 4.26. The van der Waals surface area contributed by atoms with Crippen LogP contribution >= 0.6 is 0 Å². The minimum atomic E-state index is 0.440. The lowest BCUT2D eigenvalue weighted by atomic mass is 10.1. The predicted molar refractivity (Wildman–Crippen MR) is 98.6 cm³/mol. The maximum absolute atomic E-state index is 5.43. The van der Waals surface area contributed by atoms with Crippen LogP contribution in [0.1, 0.15) is 22.8 Å². The molecule has 0 unspecified atom stereocenters. The molecule has 1 saturated heterocycles. The Kier molecular flexibility index (Phi) is 6.56. The molecule has 2 heterocycles. The molecule has 8 heteroatoms. The van der Waals surface area contributed by atoms with Crippen molar-refractivity contribution in [3.05, 3.63) is 47.1 Å². The number of benzene rings is 1. The topological polar surface area (TPSA) is 87.8 Å². The van der Waals surface area contributed by atoms with E-state index < -0.39 is 0 Å². The Bertz CT molecular complexity index is 724. The van der Waals surface area contributed by atoms with Gasteiger partial charge in [-0.3, -0.25) is 9.89 Å². The predicted octanol–water partition coefficient (Wildman–Crippen LogP) is 1.08. The summed E-state index contributed by atoms with van der Waals surface area (Å²) in [6.07, 6.45) is 0. The fourth-order valence-corrected chi connectivity index (χ4v) is 2.86. The van der Waals surface area contributed by atoms with Crippen LogP contribution in [0.3, 0.4) is 0 Å². The molecule has 1 aliphatic heterocycles. The summed E-state index contributed by atoms with van der Waals surface area (Å²) in [4.78, 5) is 10.8. The summed E-state index contributed by atoms with van der Waals surface area (Å²) < 4.78 is 10.5. The minimum absolute atomic E-state index is 0.440. The van der Waals surface area contributed by atoms with Crippen LogP contribution in [-0.4, -0.2) is 54.4 Å². The van der Waals surface area contributed by atoms with E-state index in [1.54, 1.807) is 14.0 Å². The van der Waals surface area contributed by atoms with Crippen molar-refractivity contribution < 1.29 is 9.26 Å². The maximum Gasteiger partial charge on any atom is 0.246 e. The molecule has 0 aliphatic carbocycles. The summed E-state index contributed by atoms with van der Waals surface area (Å²) in [7, 11) is 1.74. The lowest BCUT2D eigenvalue weighted by molar-refractivity contribution is 0.0341. The van der Waals surface area contributed by atoms with E-state index in [4.69, 9.17) is 9.26 Å². The molecular formula is C18H26N6O2. The molecule has 2 N–H and O–H groups in total. The van der Waals surface area contributed by atoms with E-state index in [0.717, 1.165) is 32.8 Å². The molecule has 0 bridgehead atoms. The molecule has 3 rings (SSSR count). The van der Waals surface area contributed by atoms with E-state index in [1.807, 2.05) is 0 Å². The van der Waals surface area contributed by atoms with Gasteiger partial charge in [0.1, 0.15) is 0 Å². The summed E-state index contributed by atoms with van der Waals surface area (Å²) in [6, 6.07) is 8.49. The average Bonchev–Trinajstić information content (AvgIpc) is 3.09. The zero-order valence-electron chi connectivity index (χ0n) is 15.4. The highest BCUT2D eigenvalue weighted by molar-refractivity contribution is 5.79. The summed E-state index contributed by atoms with van der Waals surface area (Å²) in [5.41, 5.74) is 2.58. The van der Waals surface area contributed by atoms with Gasteiger partial charge in [-0.2, -0.15) is 4.98 Å². The zero-order valence-corrected chi connectivity index (χ0v) is 15.4. The number of guanidine groups is 1. The fraction of sp³-hybridized carbons (Fsp3) is 0.500. The molecule has 140 valence electrons. The third-order valence-electron chi connectivity index (χ3n) is 4.26. The van der Waals surface area contributed by atoms with E-state index in [1.165, 1.54) is 11.1 Å². The van der Waals surface area contributed by atoms with Crippen LogP contribution in [0.4, 0.5) is 0 Å². The number of nitrogens with zero attached hydrogens (tertiary/aromatic N) is 4. The molecule has 0 spiro atoms. The van der Waals surface area contributed by atoms with E-state index in [2.05, 4.69) is 54.9 Å². The van der Waals surface area contributed by atoms with Crippen molar-refractivity contribution in [1.82, 2.24) is 25.7 Å². The number of aromatic nitrogens is 2. The van der Waals surface area contributed by atoms with Crippen molar-refractivity contribution in [2.75, 3.05) is 33.4 Å². The SMILES string of the molecule is CN=C(NCc1nc(C)no1)NCc1ccccc1CN1CCOCC1. The Morgan fingerprint density at radius 2 is 1.88 bits per heavy atom. The first-order valence-corrected chi connectivity index (χ1v) is 8.85. The van der Waals surface area contributed by atoms with Crippen molar-refractivity contribution in [1.29, 1.82) is 0 Å². The Morgan fingerprint density at radius 1 is 1.15 bits per heavy atom. The van der Waals surface area contributed by atoms with Gasteiger partial charge in [0.15, 0.2) is 11.8 Å². The lowest BCUT2D eigenvalue weighted by Gasteiger charge is -2.27. The molecule has 0 saturated carbocycles. The quantitative estimate of drug-likeness (QED) is 0.590. The van der Waals surface area contributed by atoms with Crippen molar-refractivity contribution in [3.8, 4) is 0 Å². The van der Waals surface area contributed by atoms with E-state index in [0.29, 0.717) is 30.8 Å². The van der Waals surface area contributed by atoms with Crippen molar-refractivity contribution in [3.63, 3.8) is 0 Å². The van der Waals surface area contributed by atoms with Gasteiger partial charge in [0.25, 0.3) is 0 Å². The molecule has 0 radical (unpaired) electrons. The second kappa shape index (κ2) is 9.30. The van der Waals surface area contributed by atoms with Gasteiger partial charge in [-0.15, -0.1) is 0 Å². The monoisotopic (exact) mass is 358 g/mol. The number of rotatable bonds is 6. The molecule has 1 fully saturated rings. The average molecular weight is 358 g/mol. The highest BCUT2D eigenvalue weighted by Crippen LogP contribution is 2.13. The molecule has 0 atom stereocenters. The van der Waals surface area contributed by atoms with Crippen molar-refractivity contribution in [2.45, 2.75) is 26.6 Å². The Labute approximate surface area is 153 Å². The zero-order chi connectivity index (χ0) is 18.2. The van der Waals surface area contributed by atoms with Crippen LogP contribution in [-0.2, 0) is 24.4 Å². The van der Waals surface area contributed by atoms with E-state index >= 15 is 0 Å². The second-order valence-corrected chi connectivity index (χ2v) is 6.17. The third kappa shape index (κ3) is 5.27. The first-order chi connectivity index (χ1) is 12.7. The number of nitrogens with one attached hydrogen (secondary N) is 2. The van der Waals surface area contributed by atoms with Gasteiger partial charge in [-0.05, 0) is 18.1 Å². The Balaban J connectivity index is 1.54. The smallest absolute Gasteiger partial charge is 0.246 e. The minimum Gasteiger partial charge on any atom is -0.379 e. The number of ether oxygens (including phenoxy) is 1. The molecule has 2 aromatic rings. The molecular weight excluding hydrogens is 332 g/mol. The Hall–Kier alpha value is -2.45. The van der Waals surface area contributed by atoms with Gasteiger partial charge < -0.3 is 19.9 Å². The normalized spacial score (nSPS) is 15.8. The molecule has 1 aliphatic rings. The van der Waals surface area contributed by atoms with Crippen molar-refractivity contribution in [2.24, 2.45) is 4.99 Å². The standard InChI is InChI=1S/C18H26N6O2/c1-14-22-17(26-23-14)12-21-18(19-2)20-11-15-5-3-4-6-16(15)13-24-7-9-25-10-8-24/h3-6H,7-13H2,1-2H3,(H2,19,20,21). The largest absolute Gasteiger partial charge is 0.379 e. The number of aliphatic imine (C=N–C) groups is 1. The van der Waals surface area contributed by atoms with Crippen LogP contribution in [0.25, 0.3) is 0 Å². The van der Waals surface area contributed by atoms with Crippen LogP contribution in [0.15, 0.2) is 33.8 Å². The van der Waals surface area contributed by atoms with Gasteiger partial charge in [0.2, 0.25) is 5.89 Å². The van der Waals surface area contributed by atoms with Crippen LogP contribution in [0.5, 0.6) is 0 Å². The molecule has 1 aromatic carbocycles. The number of morpholine rings is 1. The molecule has 8 nitrogen and oxygen atoms in total. The first kappa shape index (κ1) is 18.3. The molecule has 1 aromatic heterocycles. The Morgan fingerprint density at radius 3 is 2.58 bits per heavy atom. The van der Waals surface area contributed by atoms with Crippen LogP contribution in [0.2, 0.25) is 0 Å². The fourth-order valence-electron chi connectivity index (χ4n) is 2.86. The summed E-state index contributed by atoms with van der Waals surface area (Å²) in [6.45, 7) is 7.46. The van der Waals surface area contributed by atoms with Crippen LogP contribution in [0, 0.1) is 6.92 Å².